The summed E-state index contributed by atoms with van der Waals surface area (Å²) in [5.41, 5.74) is 2.24. The Labute approximate surface area is 117 Å². The first-order valence-corrected chi connectivity index (χ1v) is 7.11. The Balaban J connectivity index is 2.61. The highest BCUT2D eigenvalue weighted by molar-refractivity contribution is 5.75. The summed E-state index contributed by atoms with van der Waals surface area (Å²) in [6.45, 7) is 10.5. The van der Waals surface area contributed by atoms with E-state index in [2.05, 4.69) is 32.0 Å². The normalized spacial score (nSPS) is 13.1. The summed E-state index contributed by atoms with van der Waals surface area (Å²) in [7, 11) is 0. The van der Waals surface area contributed by atoms with Crippen LogP contribution in [0.4, 0.5) is 0 Å². The minimum Gasteiger partial charge on any atom is -0.465 e. The van der Waals surface area contributed by atoms with Gasteiger partial charge in [-0.15, -0.1) is 0 Å². The molecule has 106 valence electrons. The molecule has 0 aliphatic rings. The van der Waals surface area contributed by atoms with Gasteiger partial charge in [-0.25, -0.2) is 0 Å². The first kappa shape index (κ1) is 15.7. The maximum atomic E-state index is 11.7. The molecule has 0 aromatic heterocycles. The summed E-state index contributed by atoms with van der Waals surface area (Å²) in [4.78, 5) is 11.7. The van der Waals surface area contributed by atoms with E-state index in [0.29, 0.717) is 12.5 Å². The van der Waals surface area contributed by atoms with Crippen LogP contribution in [0, 0.1) is 5.41 Å². The smallest absolute Gasteiger partial charge is 0.311 e. The van der Waals surface area contributed by atoms with Crippen LogP contribution >= 0.6 is 0 Å². The quantitative estimate of drug-likeness (QED) is 0.738. The lowest BCUT2D eigenvalue weighted by atomic mass is 9.92. The molecule has 0 aliphatic heterocycles. The molecule has 2 heteroatoms. The Morgan fingerprint density at radius 1 is 1.26 bits per heavy atom. The van der Waals surface area contributed by atoms with E-state index in [1.54, 1.807) is 0 Å². The number of hydrogen-bond acceptors (Lipinski definition) is 2. The van der Waals surface area contributed by atoms with Crippen molar-refractivity contribution in [3.8, 4) is 0 Å². The minimum absolute atomic E-state index is 0.131. The first-order chi connectivity index (χ1) is 8.86. The van der Waals surface area contributed by atoms with Crippen molar-refractivity contribution < 1.29 is 9.53 Å². The summed E-state index contributed by atoms with van der Waals surface area (Å²) in [6, 6.07) is 8.43. The van der Waals surface area contributed by atoms with Crippen LogP contribution in [0.2, 0.25) is 0 Å². The number of carbonyl (C=O) groups excluding carboxylic acids is 1. The Morgan fingerprint density at radius 3 is 2.47 bits per heavy atom. The van der Waals surface area contributed by atoms with Gasteiger partial charge in [-0.1, -0.05) is 38.1 Å². The topological polar surface area (TPSA) is 26.3 Å². The molecule has 19 heavy (non-hydrogen) atoms. The molecule has 2 nitrogen and oxygen atoms in total. The Bertz CT molecular complexity index is 416. The maximum absolute atomic E-state index is 11.7. The fourth-order valence-electron chi connectivity index (χ4n) is 1.93. The zero-order valence-electron chi connectivity index (χ0n) is 12.8. The van der Waals surface area contributed by atoms with Crippen molar-refractivity contribution >= 4 is 5.97 Å². The molecule has 0 heterocycles. The molecule has 0 spiro atoms. The van der Waals surface area contributed by atoms with Crippen molar-refractivity contribution in [2.75, 3.05) is 6.61 Å². The number of esters is 1. The van der Waals surface area contributed by atoms with E-state index in [9.17, 15) is 4.79 Å². The Kier molecular flexibility index (Phi) is 5.59. The van der Waals surface area contributed by atoms with Crippen molar-refractivity contribution in [2.45, 2.75) is 53.4 Å². The second kappa shape index (κ2) is 6.74. The van der Waals surface area contributed by atoms with Gasteiger partial charge in [0, 0.05) is 6.42 Å². The second-order valence-electron chi connectivity index (χ2n) is 6.14. The van der Waals surface area contributed by atoms with Gasteiger partial charge < -0.3 is 4.74 Å². The standard InChI is InChI=1S/C17H26O2/c1-6-13(2)15-10-8-7-9-14(15)11-12-19-16(18)17(3,4)5/h7-10,13H,6,11-12H2,1-5H3. The molecule has 1 rings (SSSR count). The molecule has 1 aromatic rings. The largest absolute Gasteiger partial charge is 0.465 e. The number of hydrogen-bond donors (Lipinski definition) is 0. The summed E-state index contributed by atoms with van der Waals surface area (Å²) < 4.78 is 5.34. The average molecular weight is 262 g/mol. The van der Waals surface area contributed by atoms with Gasteiger partial charge in [-0.2, -0.15) is 0 Å². The van der Waals surface area contributed by atoms with E-state index >= 15 is 0 Å². The van der Waals surface area contributed by atoms with Crippen LogP contribution in [0.3, 0.4) is 0 Å². The van der Waals surface area contributed by atoms with Crippen LogP contribution in [-0.4, -0.2) is 12.6 Å². The summed E-state index contributed by atoms with van der Waals surface area (Å²) in [5.74, 6) is 0.419. The van der Waals surface area contributed by atoms with Crippen LogP contribution in [0.25, 0.3) is 0 Å². The van der Waals surface area contributed by atoms with E-state index in [4.69, 9.17) is 4.74 Å². The number of benzene rings is 1. The van der Waals surface area contributed by atoms with Crippen LogP contribution in [0.1, 0.15) is 58.1 Å². The fourth-order valence-corrected chi connectivity index (χ4v) is 1.93. The lowest BCUT2D eigenvalue weighted by Gasteiger charge is -2.18. The van der Waals surface area contributed by atoms with Gasteiger partial charge in [0.05, 0.1) is 12.0 Å². The zero-order chi connectivity index (χ0) is 14.5. The molecule has 0 radical (unpaired) electrons. The molecular formula is C17H26O2. The Morgan fingerprint density at radius 2 is 1.89 bits per heavy atom. The van der Waals surface area contributed by atoms with Gasteiger partial charge in [0.25, 0.3) is 0 Å². The van der Waals surface area contributed by atoms with E-state index < -0.39 is 5.41 Å². The maximum Gasteiger partial charge on any atom is 0.311 e. The van der Waals surface area contributed by atoms with Crippen LogP contribution in [0.5, 0.6) is 0 Å². The average Bonchev–Trinajstić information content (AvgIpc) is 2.37. The highest BCUT2D eigenvalue weighted by atomic mass is 16.5. The fraction of sp³-hybridized carbons (Fsp3) is 0.588. The van der Waals surface area contributed by atoms with E-state index in [0.717, 1.165) is 12.8 Å². The van der Waals surface area contributed by atoms with E-state index in [1.165, 1.54) is 11.1 Å². The lowest BCUT2D eigenvalue weighted by molar-refractivity contribution is -0.152. The molecule has 0 amide bonds. The third-order valence-electron chi connectivity index (χ3n) is 3.42. The van der Waals surface area contributed by atoms with Crippen molar-refractivity contribution in [3.05, 3.63) is 35.4 Å². The number of carbonyl (C=O) groups is 1. The molecule has 1 unspecified atom stereocenters. The van der Waals surface area contributed by atoms with Gasteiger partial charge in [0.15, 0.2) is 0 Å². The molecule has 0 saturated carbocycles. The number of rotatable bonds is 5. The van der Waals surface area contributed by atoms with E-state index in [-0.39, 0.29) is 5.97 Å². The highest BCUT2D eigenvalue weighted by Gasteiger charge is 2.22. The Hall–Kier alpha value is -1.31. The van der Waals surface area contributed by atoms with Crippen molar-refractivity contribution in [3.63, 3.8) is 0 Å². The summed E-state index contributed by atoms with van der Waals surface area (Å²) in [6.07, 6.45) is 1.92. The summed E-state index contributed by atoms with van der Waals surface area (Å²) in [5, 5.41) is 0. The van der Waals surface area contributed by atoms with Gasteiger partial charge in [0.2, 0.25) is 0 Å². The summed E-state index contributed by atoms with van der Waals surface area (Å²) >= 11 is 0. The second-order valence-corrected chi connectivity index (χ2v) is 6.14. The minimum atomic E-state index is -0.420. The molecule has 0 aliphatic carbocycles. The molecule has 0 fully saturated rings. The third kappa shape index (κ3) is 4.70. The van der Waals surface area contributed by atoms with Gasteiger partial charge >= 0.3 is 5.97 Å². The molecule has 1 atom stereocenters. The van der Waals surface area contributed by atoms with Crippen LogP contribution in [-0.2, 0) is 16.0 Å². The molecular weight excluding hydrogens is 236 g/mol. The zero-order valence-corrected chi connectivity index (χ0v) is 12.8. The van der Waals surface area contributed by atoms with Crippen LogP contribution in [0.15, 0.2) is 24.3 Å². The lowest BCUT2D eigenvalue weighted by Crippen LogP contribution is -2.23. The first-order valence-electron chi connectivity index (χ1n) is 7.11. The SMILES string of the molecule is CCC(C)c1ccccc1CCOC(=O)C(C)(C)C. The monoisotopic (exact) mass is 262 g/mol. The predicted molar refractivity (Wildman–Crippen MR) is 79.3 cm³/mol. The van der Waals surface area contributed by atoms with Crippen LogP contribution < -0.4 is 0 Å². The van der Waals surface area contributed by atoms with Crippen molar-refractivity contribution in [1.82, 2.24) is 0 Å². The van der Waals surface area contributed by atoms with Gasteiger partial charge in [0.1, 0.15) is 0 Å². The molecule has 0 saturated heterocycles. The van der Waals surface area contributed by atoms with Gasteiger partial charge in [-0.05, 0) is 44.2 Å². The highest BCUT2D eigenvalue weighted by Crippen LogP contribution is 2.23. The van der Waals surface area contributed by atoms with Gasteiger partial charge in [-0.3, -0.25) is 4.79 Å². The molecule has 0 bridgehead atoms. The molecule has 1 aromatic carbocycles. The van der Waals surface area contributed by atoms with Crippen molar-refractivity contribution in [2.24, 2.45) is 5.41 Å². The molecule has 0 N–H and O–H groups in total. The number of ether oxygens (including phenoxy) is 1. The predicted octanol–water partition coefficient (Wildman–Crippen LogP) is 4.33. The third-order valence-corrected chi connectivity index (χ3v) is 3.42. The van der Waals surface area contributed by atoms with E-state index in [1.807, 2.05) is 26.8 Å². The van der Waals surface area contributed by atoms with Crippen molar-refractivity contribution in [1.29, 1.82) is 0 Å².